The van der Waals surface area contributed by atoms with E-state index >= 15 is 0 Å². The van der Waals surface area contributed by atoms with Crippen molar-refractivity contribution in [1.82, 2.24) is 20.0 Å². The summed E-state index contributed by atoms with van der Waals surface area (Å²) in [6, 6.07) is 0.747. The predicted molar refractivity (Wildman–Crippen MR) is 130 cm³/mol. The Morgan fingerprint density at radius 2 is 1.29 bits per heavy atom. The summed E-state index contributed by atoms with van der Waals surface area (Å²) in [4.78, 5) is 30.1. The first-order valence-corrected chi connectivity index (χ1v) is 14.3. The molecule has 3 heterocycles. The van der Waals surface area contributed by atoms with Gasteiger partial charge < -0.3 is 9.80 Å². The van der Waals surface area contributed by atoms with Gasteiger partial charge in [0.15, 0.2) is 8.68 Å². The lowest BCUT2D eigenvalue weighted by atomic mass is 10.00. The molecule has 2 aliphatic heterocycles. The van der Waals surface area contributed by atoms with Gasteiger partial charge in [-0.3, -0.25) is 9.59 Å². The summed E-state index contributed by atoms with van der Waals surface area (Å²) in [5.41, 5.74) is 0. The van der Waals surface area contributed by atoms with Gasteiger partial charge in [-0.05, 0) is 65.2 Å². The normalized spacial score (nSPS) is 24.1. The van der Waals surface area contributed by atoms with Gasteiger partial charge >= 0.3 is 0 Å². The minimum atomic E-state index is -0.171. The van der Waals surface area contributed by atoms with Gasteiger partial charge in [0.25, 0.3) is 0 Å². The number of hydrogen-bond donors (Lipinski definition) is 0. The number of nitrogens with zero attached hydrogens (tertiary/aromatic N) is 4. The lowest BCUT2D eigenvalue weighted by Crippen LogP contribution is -2.46. The van der Waals surface area contributed by atoms with Gasteiger partial charge in [-0.25, -0.2) is 0 Å². The summed E-state index contributed by atoms with van der Waals surface area (Å²) < 4.78 is 1.61. The first-order chi connectivity index (χ1) is 14.9. The van der Waals surface area contributed by atoms with Crippen LogP contribution in [0.15, 0.2) is 8.68 Å². The van der Waals surface area contributed by atoms with Crippen LogP contribution in [0.3, 0.4) is 0 Å². The Morgan fingerprint density at radius 1 is 0.871 bits per heavy atom. The molecule has 0 N–H and O–H groups in total. The highest BCUT2D eigenvalue weighted by atomic mass is 32.2. The molecule has 9 heteroatoms. The van der Waals surface area contributed by atoms with E-state index in [0.29, 0.717) is 12.1 Å². The maximum absolute atomic E-state index is 13.0. The van der Waals surface area contributed by atoms with E-state index in [1.54, 1.807) is 0 Å². The highest BCUT2D eigenvalue weighted by molar-refractivity contribution is 8.04. The molecular formula is C22H36N4O2S3. The molecule has 6 nitrogen and oxygen atoms in total. The summed E-state index contributed by atoms with van der Waals surface area (Å²) in [6.07, 6.45) is 8.89. The number of likely N-dealkylation sites (tertiary alicyclic amines) is 2. The molecule has 3 rings (SSSR count). The minimum Gasteiger partial charge on any atom is -0.339 e. The second-order valence-corrected chi connectivity index (χ2v) is 12.7. The minimum absolute atomic E-state index is 0.171. The molecule has 1 aromatic rings. The number of hydrogen-bond acceptors (Lipinski definition) is 7. The van der Waals surface area contributed by atoms with E-state index in [1.807, 2.05) is 13.8 Å². The molecule has 174 valence electrons. The molecule has 2 aliphatic rings. The van der Waals surface area contributed by atoms with Crippen LogP contribution in [-0.2, 0) is 9.59 Å². The Labute approximate surface area is 199 Å². The van der Waals surface area contributed by atoms with Crippen molar-refractivity contribution in [2.75, 3.05) is 13.1 Å². The topological polar surface area (TPSA) is 66.4 Å². The average molecular weight is 485 g/mol. The highest BCUT2D eigenvalue weighted by Gasteiger charge is 2.31. The van der Waals surface area contributed by atoms with Gasteiger partial charge in [0, 0.05) is 25.2 Å². The number of carbonyl (C=O) groups is 2. The molecule has 31 heavy (non-hydrogen) atoms. The van der Waals surface area contributed by atoms with E-state index < -0.39 is 0 Å². The van der Waals surface area contributed by atoms with Gasteiger partial charge in [-0.15, -0.1) is 10.2 Å². The summed E-state index contributed by atoms with van der Waals surface area (Å²) >= 11 is 4.48. The second kappa shape index (κ2) is 11.9. The lowest BCUT2D eigenvalue weighted by molar-refractivity contribution is -0.134. The van der Waals surface area contributed by atoms with Gasteiger partial charge in [-0.2, -0.15) is 0 Å². The van der Waals surface area contributed by atoms with Gasteiger partial charge in [0.2, 0.25) is 11.8 Å². The summed E-state index contributed by atoms with van der Waals surface area (Å²) in [5, 5.41) is 8.25. The van der Waals surface area contributed by atoms with E-state index in [1.165, 1.54) is 47.7 Å². The van der Waals surface area contributed by atoms with Crippen molar-refractivity contribution in [3.8, 4) is 0 Å². The molecule has 2 fully saturated rings. The number of aromatic nitrogens is 2. The molecule has 1 aromatic heterocycles. The van der Waals surface area contributed by atoms with Crippen LogP contribution >= 0.6 is 34.9 Å². The first-order valence-electron chi connectivity index (χ1n) is 11.7. The van der Waals surface area contributed by atoms with Crippen molar-refractivity contribution in [2.45, 2.75) is 110 Å². The monoisotopic (exact) mass is 484 g/mol. The lowest BCUT2D eigenvalue weighted by Gasteiger charge is -2.36. The zero-order valence-corrected chi connectivity index (χ0v) is 21.7. The molecule has 0 saturated carbocycles. The molecule has 0 spiro atoms. The van der Waals surface area contributed by atoms with Crippen molar-refractivity contribution < 1.29 is 9.59 Å². The van der Waals surface area contributed by atoms with Crippen LogP contribution in [0, 0.1) is 0 Å². The highest BCUT2D eigenvalue weighted by Crippen LogP contribution is 2.35. The number of rotatable bonds is 8. The molecule has 0 aromatic carbocycles. The molecule has 4 atom stereocenters. The van der Waals surface area contributed by atoms with E-state index in [9.17, 15) is 9.59 Å². The zero-order valence-electron chi connectivity index (χ0n) is 19.2. The summed E-state index contributed by atoms with van der Waals surface area (Å²) in [6.45, 7) is 10.0. The fourth-order valence-electron chi connectivity index (χ4n) is 4.59. The maximum Gasteiger partial charge on any atom is 0.236 e. The molecule has 4 unspecified atom stereocenters. The fourth-order valence-corrected chi connectivity index (χ4v) is 8.04. The van der Waals surface area contributed by atoms with Gasteiger partial charge in [0.05, 0.1) is 10.5 Å². The van der Waals surface area contributed by atoms with Crippen LogP contribution in [0.5, 0.6) is 0 Å². The van der Waals surface area contributed by atoms with E-state index in [2.05, 4.69) is 33.8 Å². The zero-order chi connectivity index (χ0) is 22.4. The van der Waals surface area contributed by atoms with Crippen molar-refractivity contribution in [3.05, 3.63) is 0 Å². The van der Waals surface area contributed by atoms with Crippen LogP contribution < -0.4 is 0 Å². The van der Waals surface area contributed by atoms with Crippen molar-refractivity contribution in [1.29, 1.82) is 0 Å². The van der Waals surface area contributed by atoms with Crippen molar-refractivity contribution in [3.63, 3.8) is 0 Å². The van der Waals surface area contributed by atoms with E-state index in [-0.39, 0.29) is 22.3 Å². The Morgan fingerprint density at radius 3 is 1.68 bits per heavy atom. The van der Waals surface area contributed by atoms with Crippen LogP contribution in [0.25, 0.3) is 0 Å². The Bertz CT molecular complexity index is 686. The SMILES string of the molecule is CCC1CCCCN1C(=O)C(C)Sc1nnc(SC(C)C(=O)N2CCCCC2CC)s1. The van der Waals surface area contributed by atoms with Crippen LogP contribution in [0.2, 0.25) is 0 Å². The van der Waals surface area contributed by atoms with Gasteiger partial charge in [0.1, 0.15) is 0 Å². The third-order valence-electron chi connectivity index (χ3n) is 6.40. The molecule has 2 amide bonds. The molecule has 0 bridgehead atoms. The second-order valence-electron chi connectivity index (χ2n) is 8.53. The average Bonchev–Trinajstić information content (AvgIpc) is 3.24. The third-order valence-corrected chi connectivity index (χ3v) is 9.67. The number of amides is 2. The van der Waals surface area contributed by atoms with Crippen LogP contribution in [-0.4, -0.2) is 67.5 Å². The number of piperidine rings is 2. The smallest absolute Gasteiger partial charge is 0.236 e. The van der Waals surface area contributed by atoms with Crippen molar-refractivity contribution in [2.24, 2.45) is 0 Å². The quantitative estimate of drug-likeness (QED) is 0.479. The summed E-state index contributed by atoms with van der Waals surface area (Å²) in [5.74, 6) is 0.417. The van der Waals surface area contributed by atoms with E-state index in [0.717, 1.165) is 60.3 Å². The van der Waals surface area contributed by atoms with Crippen molar-refractivity contribution >= 4 is 46.7 Å². The number of carbonyl (C=O) groups excluding carboxylic acids is 2. The van der Waals surface area contributed by atoms with E-state index in [4.69, 9.17) is 0 Å². The fraction of sp³-hybridized carbons (Fsp3) is 0.818. The molecule has 2 saturated heterocycles. The van der Waals surface area contributed by atoms with Crippen LogP contribution in [0.1, 0.15) is 79.1 Å². The summed E-state index contributed by atoms with van der Waals surface area (Å²) in [7, 11) is 0. The first kappa shape index (κ1) is 24.8. The molecule has 0 radical (unpaired) electrons. The standard InChI is InChI=1S/C22H36N4O2S3/c1-5-17-11-7-9-13-25(17)19(27)15(3)29-21-23-24-22(31-21)30-16(4)20(28)26-14-10-8-12-18(26)6-2/h15-18H,5-14H2,1-4H3. The largest absolute Gasteiger partial charge is 0.339 e. The predicted octanol–water partition coefficient (Wildman–Crippen LogP) is 5.08. The Hall–Kier alpha value is -0.800. The Balaban J connectivity index is 1.54. The van der Waals surface area contributed by atoms with Gasteiger partial charge in [-0.1, -0.05) is 48.7 Å². The maximum atomic E-state index is 13.0. The molecule has 0 aliphatic carbocycles. The number of thioether (sulfide) groups is 2. The Kier molecular flexibility index (Phi) is 9.52. The third kappa shape index (κ3) is 6.38. The van der Waals surface area contributed by atoms with Crippen LogP contribution in [0.4, 0.5) is 0 Å². The molecular weight excluding hydrogens is 448 g/mol.